The Labute approximate surface area is 147 Å². The number of carboxylic acids is 1. The molecule has 25 heavy (non-hydrogen) atoms. The summed E-state index contributed by atoms with van der Waals surface area (Å²) in [6.07, 6.45) is -0.150. The van der Waals surface area contributed by atoms with Crippen molar-refractivity contribution < 1.29 is 14.3 Å². The minimum atomic E-state index is -0.967. The fourth-order valence-electron chi connectivity index (χ4n) is 2.75. The number of aliphatic carboxylic acids is 1. The van der Waals surface area contributed by atoms with Gasteiger partial charge in [0.05, 0.1) is 11.8 Å². The second kappa shape index (κ2) is 6.76. The number of aromatic nitrogens is 2. The van der Waals surface area contributed by atoms with Gasteiger partial charge in [0.25, 0.3) is 5.56 Å². The standard InChI is InChI=1S/C18H17FN2O3S/c1-10(2)16-20-17-15(18(24)21(16)8-7-14(22)23)13(9-25-17)11-3-5-12(19)6-4-11/h3-6,9-10H,7-8H2,1-2H3,(H,22,23). The van der Waals surface area contributed by atoms with Crippen LogP contribution in [-0.2, 0) is 11.3 Å². The number of benzene rings is 1. The molecule has 0 saturated heterocycles. The summed E-state index contributed by atoms with van der Waals surface area (Å²) >= 11 is 1.36. The SMILES string of the molecule is CC(C)c1nc2scc(-c3ccc(F)cc3)c2c(=O)n1CCC(=O)O. The Kier molecular flexibility index (Phi) is 4.67. The first-order valence-corrected chi connectivity index (χ1v) is 8.76. The van der Waals surface area contributed by atoms with Gasteiger partial charge in [0, 0.05) is 23.4 Å². The van der Waals surface area contributed by atoms with E-state index in [9.17, 15) is 14.0 Å². The Morgan fingerprint density at radius 2 is 2.00 bits per heavy atom. The molecule has 2 heterocycles. The summed E-state index contributed by atoms with van der Waals surface area (Å²) < 4.78 is 14.6. The number of hydrogen-bond acceptors (Lipinski definition) is 4. The average molecular weight is 360 g/mol. The molecule has 0 radical (unpaired) electrons. The lowest BCUT2D eigenvalue weighted by molar-refractivity contribution is -0.137. The van der Waals surface area contributed by atoms with Crippen molar-refractivity contribution in [3.8, 4) is 11.1 Å². The van der Waals surface area contributed by atoms with Crippen molar-refractivity contribution in [2.24, 2.45) is 0 Å². The Balaban J connectivity index is 2.23. The van der Waals surface area contributed by atoms with E-state index in [1.54, 1.807) is 12.1 Å². The Morgan fingerprint density at radius 3 is 2.60 bits per heavy atom. The van der Waals surface area contributed by atoms with E-state index in [2.05, 4.69) is 4.98 Å². The van der Waals surface area contributed by atoms with Crippen LogP contribution < -0.4 is 5.56 Å². The van der Waals surface area contributed by atoms with Crippen LogP contribution in [-0.4, -0.2) is 20.6 Å². The number of nitrogens with zero attached hydrogens (tertiary/aromatic N) is 2. The first-order chi connectivity index (χ1) is 11.9. The third-order valence-corrected chi connectivity index (χ3v) is 4.82. The van der Waals surface area contributed by atoms with Crippen molar-refractivity contribution >= 4 is 27.5 Å². The van der Waals surface area contributed by atoms with E-state index in [-0.39, 0.29) is 30.3 Å². The minimum absolute atomic E-state index is 0.0118. The van der Waals surface area contributed by atoms with Crippen LogP contribution in [0.15, 0.2) is 34.4 Å². The smallest absolute Gasteiger partial charge is 0.305 e. The quantitative estimate of drug-likeness (QED) is 0.750. The Hall–Kier alpha value is -2.54. The molecule has 0 unspecified atom stereocenters. The predicted octanol–water partition coefficient (Wildman–Crippen LogP) is 3.86. The number of rotatable bonds is 5. The number of carbonyl (C=O) groups is 1. The zero-order valence-corrected chi connectivity index (χ0v) is 14.6. The highest BCUT2D eigenvalue weighted by atomic mass is 32.1. The van der Waals surface area contributed by atoms with E-state index in [4.69, 9.17) is 5.11 Å². The zero-order chi connectivity index (χ0) is 18.1. The molecular weight excluding hydrogens is 343 g/mol. The predicted molar refractivity (Wildman–Crippen MR) is 95.6 cm³/mol. The highest BCUT2D eigenvalue weighted by molar-refractivity contribution is 7.17. The molecule has 0 aliphatic rings. The van der Waals surface area contributed by atoms with E-state index in [0.717, 1.165) is 5.56 Å². The molecule has 0 spiro atoms. The average Bonchev–Trinajstić information content (AvgIpc) is 2.98. The van der Waals surface area contributed by atoms with Gasteiger partial charge in [-0.15, -0.1) is 11.3 Å². The van der Waals surface area contributed by atoms with Crippen molar-refractivity contribution in [2.45, 2.75) is 32.7 Å². The number of thiophene rings is 1. The van der Waals surface area contributed by atoms with E-state index in [0.29, 0.717) is 21.6 Å². The van der Waals surface area contributed by atoms with Gasteiger partial charge in [-0.1, -0.05) is 26.0 Å². The van der Waals surface area contributed by atoms with E-state index < -0.39 is 5.97 Å². The lowest BCUT2D eigenvalue weighted by Crippen LogP contribution is -2.27. The number of halogens is 1. The fraction of sp³-hybridized carbons (Fsp3) is 0.278. The number of fused-ring (bicyclic) bond motifs is 1. The summed E-state index contributed by atoms with van der Waals surface area (Å²) in [5, 5.41) is 11.2. The summed E-state index contributed by atoms with van der Waals surface area (Å²) in [6.45, 7) is 3.90. The molecule has 0 fully saturated rings. The highest BCUT2D eigenvalue weighted by Crippen LogP contribution is 2.31. The second-order valence-electron chi connectivity index (χ2n) is 6.06. The van der Waals surface area contributed by atoms with Crippen LogP contribution in [0.4, 0.5) is 4.39 Å². The molecule has 5 nitrogen and oxygen atoms in total. The molecule has 7 heteroatoms. The summed E-state index contributed by atoms with van der Waals surface area (Å²) in [5.74, 6) is -0.748. The van der Waals surface area contributed by atoms with E-state index >= 15 is 0 Å². The monoisotopic (exact) mass is 360 g/mol. The van der Waals surface area contributed by atoms with Crippen molar-refractivity contribution in [1.82, 2.24) is 9.55 Å². The van der Waals surface area contributed by atoms with Gasteiger partial charge in [-0.2, -0.15) is 0 Å². The molecule has 0 bridgehead atoms. The fourth-order valence-corrected chi connectivity index (χ4v) is 3.69. The maximum Gasteiger partial charge on any atom is 0.305 e. The van der Waals surface area contributed by atoms with Crippen molar-refractivity contribution in [3.63, 3.8) is 0 Å². The molecule has 3 rings (SSSR count). The minimum Gasteiger partial charge on any atom is -0.481 e. The number of carboxylic acid groups (broad SMARTS) is 1. The van der Waals surface area contributed by atoms with Gasteiger partial charge in [-0.3, -0.25) is 14.2 Å². The van der Waals surface area contributed by atoms with Gasteiger partial charge in [-0.25, -0.2) is 9.37 Å². The van der Waals surface area contributed by atoms with Crippen molar-refractivity contribution in [1.29, 1.82) is 0 Å². The van der Waals surface area contributed by atoms with Crippen LogP contribution >= 0.6 is 11.3 Å². The van der Waals surface area contributed by atoms with Crippen molar-refractivity contribution in [3.05, 3.63) is 51.6 Å². The topological polar surface area (TPSA) is 72.2 Å². The molecule has 2 aromatic heterocycles. The van der Waals surface area contributed by atoms with Gasteiger partial charge >= 0.3 is 5.97 Å². The molecule has 0 aliphatic carbocycles. The van der Waals surface area contributed by atoms with Crippen LogP contribution in [0.25, 0.3) is 21.3 Å². The molecule has 0 aliphatic heterocycles. The lowest BCUT2D eigenvalue weighted by Gasteiger charge is -2.14. The molecular formula is C18H17FN2O3S. The third-order valence-electron chi connectivity index (χ3n) is 3.94. The molecule has 3 aromatic rings. The maximum absolute atomic E-state index is 13.2. The Bertz CT molecular complexity index is 990. The third kappa shape index (κ3) is 3.32. The number of hydrogen-bond donors (Lipinski definition) is 1. The largest absolute Gasteiger partial charge is 0.481 e. The Morgan fingerprint density at radius 1 is 1.32 bits per heavy atom. The first kappa shape index (κ1) is 17.3. The molecule has 0 atom stereocenters. The molecule has 1 N–H and O–H groups in total. The van der Waals surface area contributed by atoms with Gasteiger partial charge in [0.1, 0.15) is 16.5 Å². The molecule has 1 aromatic carbocycles. The maximum atomic E-state index is 13.2. The van der Waals surface area contributed by atoms with Gasteiger partial charge < -0.3 is 5.11 Å². The molecule has 0 amide bonds. The summed E-state index contributed by atoms with van der Waals surface area (Å²) in [5.41, 5.74) is 1.17. The molecule has 130 valence electrons. The lowest BCUT2D eigenvalue weighted by atomic mass is 10.1. The summed E-state index contributed by atoms with van der Waals surface area (Å²) in [4.78, 5) is 29.2. The summed E-state index contributed by atoms with van der Waals surface area (Å²) in [7, 11) is 0. The summed E-state index contributed by atoms with van der Waals surface area (Å²) in [6, 6.07) is 5.93. The van der Waals surface area contributed by atoms with Crippen LogP contribution in [0.2, 0.25) is 0 Å². The zero-order valence-electron chi connectivity index (χ0n) is 13.8. The van der Waals surface area contributed by atoms with Gasteiger partial charge in [0.2, 0.25) is 0 Å². The molecule has 0 saturated carbocycles. The van der Waals surface area contributed by atoms with E-state index in [1.807, 2.05) is 19.2 Å². The van der Waals surface area contributed by atoms with E-state index in [1.165, 1.54) is 28.0 Å². The van der Waals surface area contributed by atoms with Crippen molar-refractivity contribution in [2.75, 3.05) is 0 Å². The normalized spacial score (nSPS) is 11.4. The van der Waals surface area contributed by atoms with Crippen LogP contribution in [0.1, 0.15) is 32.0 Å². The van der Waals surface area contributed by atoms with Gasteiger partial charge in [0.15, 0.2) is 0 Å². The first-order valence-electron chi connectivity index (χ1n) is 7.88. The van der Waals surface area contributed by atoms with Gasteiger partial charge in [-0.05, 0) is 17.7 Å². The second-order valence-corrected chi connectivity index (χ2v) is 6.92. The highest BCUT2D eigenvalue weighted by Gasteiger charge is 2.19. The van der Waals surface area contributed by atoms with Crippen LogP contribution in [0, 0.1) is 5.82 Å². The van der Waals surface area contributed by atoms with Crippen LogP contribution in [0.5, 0.6) is 0 Å². The van der Waals surface area contributed by atoms with Crippen LogP contribution in [0.3, 0.4) is 0 Å².